The maximum absolute atomic E-state index is 12.4. The standard InChI is InChI=1S/C18H26N4O4/c1-10-14(9-22(12(3)24)16(11(2)23)17(19)25)21-18(26)15(10)20-13-7-5-4-6-8-13/h4-8,10-11,14-16,20,23H,9H2,1-3H3,(H2,19,25)(H,21,26)/t10?,11-,14?,15?,16+/m1/s1. The first kappa shape index (κ1) is 19.7. The topological polar surface area (TPSA) is 125 Å². The van der Waals surface area contributed by atoms with E-state index >= 15 is 0 Å². The van der Waals surface area contributed by atoms with Crippen LogP contribution in [0.1, 0.15) is 20.8 Å². The van der Waals surface area contributed by atoms with E-state index in [1.165, 1.54) is 18.7 Å². The summed E-state index contributed by atoms with van der Waals surface area (Å²) in [7, 11) is 0. The number of amides is 3. The predicted molar refractivity (Wildman–Crippen MR) is 97.0 cm³/mol. The van der Waals surface area contributed by atoms with Crippen LogP contribution in [-0.2, 0) is 14.4 Å². The van der Waals surface area contributed by atoms with Gasteiger partial charge in [0.2, 0.25) is 17.7 Å². The minimum absolute atomic E-state index is 0.0910. The summed E-state index contributed by atoms with van der Waals surface area (Å²) in [6.07, 6.45) is -1.11. The quantitative estimate of drug-likeness (QED) is 0.529. The van der Waals surface area contributed by atoms with E-state index in [0.29, 0.717) is 0 Å². The number of hydrogen-bond donors (Lipinski definition) is 4. The lowest BCUT2D eigenvalue weighted by molar-refractivity contribution is -0.142. The number of hydrogen-bond acceptors (Lipinski definition) is 5. The summed E-state index contributed by atoms with van der Waals surface area (Å²) in [5, 5.41) is 15.9. The highest BCUT2D eigenvalue weighted by Crippen LogP contribution is 2.23. The largest absolute Gasteiger partial charge is 0.391 e. The molecule has 1 aromatic carbocycles. The molecule has 8 nitrogen and oxygen atoms in total. The van der Waals surface area contributed by atoms with E-state index in [4.69, 9.17) is 5.73 Å². The second-order valence-electron chi connectivity index (χ2n) is 6.72. The van der Waals surface area contributed by atoms with Crippen molar-refractivity contribution in [3.05, 3.63) is 30.3 Å². The van der Waals surface area contributed by atoms with Gasteiger partial charge in [-0.3, -0.25) is 14.4 Å². The summed E-state index contributed by atoms with van der Waals surface area (Å²) in [4.78, 5) is 37.3. The highest BCUT2D eigenvalue weighted by atomic mass is 16.3. The monoisotopic (exact) mass is 362 g/mol. The molecule has 5 atom stereocenters. The number of aliphatic hydroxyl groups is 1. The van der Waals surface area contributed by atoms with Crippen molar-refractivity contribution in [3.63, 3.8) is 0 Å². The minimum atomic E-state index is -1.14. The van der Waals surface area contributed by atoms with Gasteiger partial charge in [-0.2, -0.15) is 0 Å². The number of aliphatic hydroxyl groups excluding tert-OH is 1. The van der Waals surface area contributed by atoms with Gasteiger partial charge in [0.25, 0.3) is 0 Å². The van der Waals surface area contributed by atoms with Gasteiger partial charge in [0.05, 0.1) is 12.1 Å². The zero-order valence-electron chi connectivity index (χ0n) is 15.2. The van der Waals surface area contributed by atoms with Crippen molar-refractivity contribution in [1.82, 2.24) is 10.2 Å². The Morgan fingerprint density at radius 3 is 2.46 bits per heavy atom. The average molecular weight is 362 g/mol. The Kier molecular flexibility index (Phi) is 6.20. The molecule has 26 heavy (non-hydrogen) atoms. The van der Waals surface area contributed by atoms with Gasteiger partial charge < -0.3 is 26.4 Å². The molecule has 0 spiro atoms. The zero-order valence-corrected chi connectivity index (χ0v) is 15.2. The molecule has 0 aliphatic carbocycles. The van der Waals surface area contributed by atoms with E-state index < -0.39 is 30.0 Å². The molecule has 8 heteroatoms. The number of nitrogens with zero attached hydrogens (tertiary/aromatic N) is 1. The maximum atomic E-state index is 12.4. The van der Waals surface area contributed by atoms with Crippen molar-refractivity contribution in [3.8, 4) is 0 Å². The molecule has 5 N–H and O–H groups in total. The molecule has 1 aliphatic heterocycles. The molecule has 1 aromatic rings. The average Bonchev–Trinajstić information content (AvgIpc) is 2.82. The molecule has 1 fully saturated rings. The second kappa shape index (κ2) is 8.18. The summed E-state index contributed by atoms with van der Waals surface area (Å²) in [6, 6.07) is 7.39. The number of nitrogens with two attached hydrogens (primary N) is 1. The van der Waals surface area contributed by atoms with Gasteiger partial charge in [0, 0.05) is 25.1 Å². The Morgan fingerprint density at radius 2 is 1.96 bits per heavy atom. The van der Waals surface area contributed by atoms with E-state index in [1.807, 2.05) is 37.3 Å². The summed E-state index contributed by atoms with van der Waals surface area (Å²) >= 11 is 0. The Balaban J connectivity index is 2.14. The number of carbonyl (C=O) groups is 3. The molecule has 3 unspecified atom stereocenters. The van der Waals surface area contributed by atoms with E-state index in [9.17, 15) is 19.5 Å². The highest BCUT2D eigenvalue weighted by Gasteiger charge is 2.42. The van der Waals surface area contributed by atoms with Crippen LogP contribution >= 0.6 is 0 Å². The minimum Gasteiger partial charge on any atom is -0.391 e. The first-order valence-corrected chi connectivity index (χ1v) is 8.59. The molecular formula is C18H26N4O4. The number of primary amides is 1. The lowest BCUT2D eigenvalue weighted by Crippen LogP contribution is -2.56. The van der Waals surface area contributed by atoms with E-state index in [2.05, 4.69) is 10.6 Å². The molecule has 0 bridgehead atoms. The third-order valence-corrected chi connectivity index (χ3v) is 4.75. The SMILES string of the molecule is CC(=O)N(CC1NC(=O)C(Nc2ccccc2)C1C)[C@H](C(N)=O)[C@@H](C)O. The molecule has 1 aliphatic rings. The van der Waals surface area contributed by atoms with Crippen LogP contribution in [0.3, 0.4) is 0 Å². The lowest BCUT2D eigenvalue weighted by atomic mass is 9.96. The van der Waals surface area contributed by atoms with Crippen molar-refractivity contribution in [2.45, 2.75) is 45.0 Å². The van der Waals surface area contributed by atoms with Crippen molar-refractivity contribution >= 4 is 23.4 Å². The molecule has 142 valence electrons. The highest BCUT2D eigenvalue weighted by molar-refractivity contribution is 5.88. The van der Waals surface area contributed by atoms with Crippen molar-refractivity contribution in [2.75, 3.05) is 11.9 Å². The molecule has 0 aromatic heterocycles. The van der Waals surface area contributed by atoms with Crippen LogP contribution < -0.4 is 16.4 Å². The lowest BCUT2D eigenvalue weighted by Gasteiger charge is -2.33. The molecule has 0 saturated carbocycles. The number of para-hydroxylation sites is 1. The maximum Gasteiger partial charge on any atom is 0.243 e. The summed E-state index contributed by atoms with van der Waals surface area (Å²) in [5.74, 6) is -1.50. The zero-order chi connectivity index (χ0) is 19.4. The van der Waals surface area contributed by atoms with Crippen LogP contribution in [0.4, 0.5) is 5.69 Å². The van der Waals surface area contributed by atoms with Gasteiger partial charge in [-0.25, -0.2) is 0 Å². The van der Waals surface area contributed by atoms with Crippen LogP contribution in [0, 0.1) is 5.92 Å². The summed E-state index contributed by atoms with van der Waals surface area (Å²) in [5.41, 5.74) is 6.17. The number of carbonyl (C=O) groups excluding carboxylic acids is 3. The summed E-state index contributed by atoms with van der Waals surface area (Å²) < 4.78 is 0. The van der Waals surface area contributed by atoms with Crippen LogP contribution in [0.25, 0.3) is 0 Å². The fourth-order valence-corrected chi connectivity index (χ4v) is 3.30. The van der Waals surface area contributed by atoms with Crippen LogP contribution in [0.15, 0.2) is 30.3 Å². The van der Waals surface area contributed by atoms with Crippen molar-refractivity contribution < 1.29 is 19.5 Å². The first-order chi connectivity index (χ1) is 12.2. The van der Waals surface area contributed by atoms with Gasteiger partial charge >= 0.3 is 0 Å². The molecule has 2 rings (SSSR count). The number of benzene rings is 1. The fourth-order valence-electron chi connectivity index (χ4n) is 3.30. The van der Waals surface area contributed by atoms with Crippen LogP contribution in [0.2, 0.25) is 0 Å². The Labute approximate surface area is 152 Å². The third-order valence-electron chi connectivity index (χ3n) is 4.75. The fraction of sp³-hybridized carbons (Fsp3) is 0.500. The van der Waals surface area contributed by atoms with E-state index in [0.717, 1.165) is 5.69 Å². The molecular weight excluding hydrogens is 336 g/mol. The predicted octanol–water partition coefficient (Wildman–Crippen LogP) is -0.315. The van der Waals surface area contributed by atoms with Gasteiger partial charge in [-0.05, 0) is 19.1 Å². The molecule has 3 amide bonds. The Hall–Kier alpha value is -2.61. The first-order valence-electron chi connectivity index (χ1n) is 8.59. The van der Waals surface area contributed by atoms with Gasteiger partial charge in [0.15, 0.2) is 0 Å². The number of anilines is 1. The van der Waals surface area contributed by atoms with Crippen molar-refractivity contribution in [2.24, 2.45) is 11.7 Å². The van der Waals surface area contributed by atoms with Gasteiger partial charge in [-0.15, -0.1) is 0 Å². The van der Waals surface area contributed by atoms with Crippen LogP contribution in [0.5, 0.6) is 0 Å². The molecule has 1 saturated heterocycles. The van der Waals surface area contributed by atoms with E-state index in [1.54, 1.807) is 0 Å². The molecule has 0 radical (unpaired) electrons. The third kappa shape index (κ3) is 4.32. The smallest absolute Gasteiger partial charge is 0.243 e. The normalized spacial score (nSPS) is 24.5. The van der Waals surface area contributed by atoms with Gasteiger partial charge in [-0.1, -0.05) is 25.1 Å². The molecule has 1 heterocycles. The Morgan fingerprint density at radius 1 is 1.35 bits per heavy atom. The van der Waals surface area contributed by atoms with Crippen molar-refractivity contribution in [1.29, 1.82) is 0 Å². The summed E-state index contributed by atoms with van der Waals surface area (Å²) in [6.45, 7) is 4.69. The Bertz CT molecular complexity index is 664. The van der Waals surface area contributed by atoms with Gasteiger partial charge in [0.1, 0.15) is 12.1 Å². The number of nitrogens with one attached hydrogen (secondary N) is 2. The second-order valence-corrected chi connectivity index (χ2v) is 6.72. The van der Waals surface area contributed by atoms with E-state index in [-0.39, 0.29) is 24.4 Å². The van der Waals surface area contributed by atoms with Crippen LogP contribution in [-0.4, -0.2) is 58.5 Å². The number of rotatable bonds is 7.